The highest BCUT2D eigenvalue weighted by atomic mass is 32.2. The number of nitrogens with one attached hydrogen (secondary N) is 1. The highest BCUT2D eigenvalue weighted by Gasteiger charge is 2.70. The predicted octanol–water partition coefficient (Wildman–Crippen LogP) is 3.23. The summed E-state index contributed by atoms with van der Waals surface area (Å²) in [5.41, 5.74) is 2.27. The number of rotatable bonds is 6. The Morgan fingerprint density at radius 3 is 2.36 bits per heavy atom. The van der Waals surface area contributed by atoms with Gasteiger partial charge in [-0.25, -0.2) is 4.79 Å². The van der Waals surface area contributed by atoms with E-state index in [9.17, 15) is 24.3 Å². The first-order valence-electron chi connectivity index (χ1n) is 12.6. The Labute approximate surface area is 217 Å². The Hall–Kier alpha value is -2.59. The first kappa shape index (κ1) is 23.8. The van der Waals surface area contributed by atoms with Gasteiger partial charge in [0.05, 0.1) is 16.9 Å². The number of carbonyl (C=O) groups is 3. The number of benzene rings is 1. The lowest BCUT2D eigenvalue weighted by Crippen LogP contribution is -2.44. The first-order chi connectivity index (χ1) is 17.3. The van der Waals surface area contributed by atoms with Crippen molar-refractivity contribution in [2.24, 2.45) is 29.6 Å². The monoisotopic (exact) mass is 527 g/mol. The second-order valence-electron chi connectivity index (χ2n) is 10.3. The molecule has 2 bridgehead atoms. The van der Waals surface area contributed by atoms with Crippen LogP contribution in [0.3, 0.4) is 0 Å². The van der Waals surface area contributed by atoms with Gasteiger partial charge in [0.2, 0.25) is 11.8 Å². The number of amides is 2. The van der Waals surface area contributed by atoms with E-state index in [1.807, 2.05) is 0 Å². The number of likely N-dealkylation sites (tertiary alicyclic amines) is 1. The Morgan fingerprint density at radius 1 is 1.11 bits per heavy atom. The summed E-state index contributed by atoms with van der Waals surface area (Å²) in [5.74, 6) is -2.72. The Bertz CT molecular complexity index is 1300. The molecule has 2 amide bonds. The number of aromatic amines is 1. The van der Waals surface area contributed by atoms with E-state index in [0.717, 1.165) is 45.6 Å². The highest BCUT2D eigenvalue weighted by molar-refractivity contribution is 8.00. The van der Waals surface area contributed by atoms with E-state index >= 15 is 0 Å². The molecule has 6 rings (SSSR count). The summed E-state index contributed by atoms with van der Waals surface area (Å²) in [4.78, 5) is 58.1. The topological polar surface area (TPSA) is 111 Å². The van der Waals surface area contributed by atoms with Crippen molar-refractivity contribution in [2.75, 3.05) is 18.0 Å². The SMILES string of the molecule is CCN(CC)c1ccc(C2c3sc(=O)[nH]c3SC3C4CC(C5C(=O)N(C(C)C(=O)O)C(=O)C45)C23)cc1. The first-order valence-corrected chi connectivity index (χ1v) is 14.3. The van der Waals surface area contributed by atoms with Crippen molar-refractivity contribution in [1.82, 2.24) is 9.88 Å². The van der Waals surface area contributed by atoms with Crippen LogP contribution in [-0.2, 0) is 14.4 Å². The molecule has 190 valence electrons. The number of nitrogens with zero attached hydrogens (tertiary/aromatic N) is 2. The van der Waals surface area contributed by atoms with Gasteiger partial charge in [-0.1, -0.05) is 23.5 Å². The molecule has 3 fully saturated rings. The molecule has 0 radical (unpaired) electrons. The second-order valence-corrected chi connectivity index (χ2v) is 12.5. The van der Waals surface area contributed by atoms with Crippen molar-refractivity contribution in [1.29, 1.82) is 0 Å². The van der Waals surface area contributed by atoms with Crippen LogP contribution in [0.5, 0.6) is 0 Å². The normalized spacial score (nSPS) is 32.9. The number of carbonyl (C=O) groups excluding carboxylic acids is 2. The van der Waals surface area contributed by atoms with Gasteiger partial charge in [-0.15, -0.1) is 11.8 Å². The summed E-state index contributed by atoms with van der Waals surface area (Å²) in [7, 11) is 0. The zero-order valence-electron chi connectivity index (χ0n) is 20.3. The molecule has 1 aromatic carbocycles. The molecular formula is C26H29N3O5S2. The standard InChI is InChI=1S/C26H29N3O5S2/c1-4-28(5-2)13-8-6-12(7-9-13)16-17-14-10-15(20(17)35-22-21(16)36-26(34)27-22)19-18(14)23(30)29(24(19)31)11(3)25(32)33/h6-9,11,14-20H,4-5,10H2,1-3H3,(H,27,34)(H,32,33). The Kier molecular flexibility index (Phi) is 5.60. The number of hydrogen-bond acceptors (Lipinski definition) is 7. The third kappa shape index (κ3) is 3.19. The van der Waals surface area contributed by atoms with Crippen molar-refractivity contribution in [3.63, 3.8) is 0 Å². The van der Waals surface area contributed by atoms with Gasteiger partial charge in [-0.3, -0.25) is 19.3 Å². The molecule has 2 N–H and O–H groups in total. The lowest BCUT2D eigenvalue weighted by atomic mass is 9.68. The van der Waals surface area contributed by atoms with Crippen LogP contribution in [-0.4, -0.2) is 57.2 Å². The van der Waals surface area contributed by atoms with Crippen LogP contribution in [0.4, 0.5) is 5.69 Å². The fourth-order valence-corrected chi connectivity index (χ4v) is 10.3. The molecule has 1 saturated heterocycles. The molecule has 10 heteroatoms. The maximum atomic E-state index is 13.5. The molecule has 2 aliphatic carbocycles. The average molecular weight is 528 g/mol. The molecule has 8 nitrogen and oxygen atoms in total. The number of carboxylic acids is 1. The van der Waals surface area contributed by atoms with Gasteiger partial charge in [0.15, 0.2) is 0 Å². The number of fused-ring (bicyclic) bond motifs is 9. The van der Waals surface area contributed by atoms with Gasteiger partial charge in [0.25, 0.3) is 0 Å². The molecule has 3 heterocycles. The van der Waals surface area contributed by atoms with Gasteiger partial charge in [0, 0.05) is 34.8 Å². The van der Waals surface area contributed by atoms with Gasteiger partial charge in [0.1, 0.15) is 6.04 Å². The van der Waals surface area contributed by atoms with Crippen LogP contribution in [0.2, 0.25) is 0 Å². The fourth-order valence-electron chi connectivity index (χ4n) is 7.39. The van der Waals surface area contributed by atoms with E-state index in [-0.39, 0.29) is 45.6 Å². The van der Waals surface area contributed by atoms with E-state index in [1.165, 1.54) is 18.3 Å². The number of anilines is 1. The minimum absolute atomic E-state index is 0.00792. The van der Waals surface area contributed by atoms with Crippen molar-refractivity contribution in [3.8, 4) is 0 Å². The number of thiazole rings is 1. The van der Waals surface area contributed by atoms with Crippen LogP contribution < -0.4 is 9.77 Å². The van der Waals surface area contributed by atoms with E-state index in [4.69, 9.17) is 0 Å². The van der Waals surface area contributed by atoms with Gasteiger partial charge in [-0.2, -0.15) is 0 Å². The molecular weight excluding hydrogens is 498 g/mol. The Balaban J connectivity index is 1.41. The molecule has 8 unspecified atom stereocenters. The lowest BCUT2D eigenvalue weighted by Gasteiger charge is -2.43. The quantitative estimate of drug-likeness (QED) is 0.555. The number of thioether (sulfide) groups is 1. The minimum atomic E-state index is -1.17. The number of carboxylic acid groups (broad SMARTS) is 1. The van der Waals surface area contributed by atoms with Gasteiger partial charge < -0.3 is 15.0 Å². The predicted molar refractivity (Wildman–Crippen MR) is 137 cm³/mol. The molecule has 4 aliphatic rings. The third-order valence-electron chi connectivity index (χ3n) is 8.88. The summed E-state index contributed by atoms with van der Waals surface area (Å²) in [6, 6.07) is 7.38. The summed E-state index contributed by atoms with van der Waals surface area (Å²) < 4.78 is 0. The lowest BCUT2D eigenvalue weighted by molar-refractivity contribution is -0.154. The van der Waals surface area contributed by atoms with Crippen molar-refractivity contribution < 1.29 is 19.5 Å². The van der Waals surface area contributed by atoms with Crippen LogP contribution in [0, 0.1) is 29.6 Å². The number of imide groups is 1. The zero-order chi connectivity index (χ0) is 25.5. The molecule has 36 heavy (non-hydrogen) atoms. The van der Waals surface area contributed by atoms with Crippen LogP contribution in [0.15, 0.2) is 34.1 Å². The van der Waals surface area contributed by atoms with Crippen LogP contribution >= 0.6 is 23.1 Å². The number of aliphatic carboxylic acids is 1. The van der Waals surface area contributed by atoms with E-state index in [1.54, 1.807) is 11.8 Å². The molecule has 2 aliphatic heterocycles. The largest absolute Gasteiger partial charge is 0.480 e. The summed E-state index contributed by atoms with van der Waals surface area (Å²) >= 11 is 2.88. The summed E-state index contributed by atoms with van der Waals surface area (Å²) in [6.45, 7) is 7.50. The smallest absolute Gasteiger partial charge is 0.326 e. The molecule has 0 spiro atoms. The Morgan fingerprint density at radius 2 is 1.75 bits per heavy atom. The minimum Gasteiger partial charge on any atom is -0.480 e. The fraction of sp³-hybridized carbons (Fsp3) is 0.538. The van der Waals surface area contributed by atoms with Gasteiger partial charge in [-0.05, 0) is 62.6 Å². The summed E-state index contributed by atoms with van der Waals surface area (Å²) in [6.07, 6.45) is 0.789. The number of aromatic nitrogens is 1. The molecule has 2 aromatic rings. The number of H-pyrrole nitrogens is 1. The van der Waals surface area contributed by atoms with Gasteiger partial charge >= 0.3 is 10.8 Å². The van der Waals surface area contributed by atoms with E-state index in [0.29, 0.717) is 0 Å². The maximum Gasteiger partial charge on any atom is 0.326 e. The molecule has 8 atom stereocenters. The third-order valence-corrected chi connectivity index (χ3v) is 11.5. The molecule has 2 saturated carbocycles. The maximum absolute atomic E-state index is 13.5. The van der Waals surface area contributed by atoms with E-state index in [2.05, 4.69) is 48.0 Å². The molecule has 1 aromatic heterocycles. The highest BCUT2D eigenvalue weighted by Crippen LogP contribution is 2.68. The van der Waals surface area contributed by atoms with E-state index < -0.39 is 23.8 Å². The van der Waals surface area contributed by atoms with Crippen molar-refractivity contribution in [2.45, 2.75) is 49.4 Å². The summed E-state index contributed by atoms with van der Waals surface area (Å²) in [5, 5.41) is 10.5. The second kappa shape index (κ2) is 8.48. The van der Waals surface area contributed by atoms with Crippen LogP contribution in [0.1, 0.15) is 43.6 Å². The van der Waals surface area contributed by atoms with Crippen molar-refractivity contribution >= 4 is 46.6 Å². The number of hydrogen-bond donors (Lipinski definition) is 2. The zero-order valence-corrected chi connectivity index (χ0v) is 22.0. The average Bonchev–Trinajstić information content (AvgIpc) is 3.58. The van der Waals surface area contributed by atoms with Crippen molar-refractivity contribution in [3.05, 3.63) is 44.4 Å². The van der Waals surface area contributed by atoms with Crippen LogP contribution in [0.25, 0.3) is 0 Å².